The number of fused-ring (bicyclic) bond motifs is 1. The number of nitrogens with zero attached hydrogens (tertiary/aromatic N) is 2. The molecule has 1 aromatic heterocycles. The van der Waals surface area contributed by atoms with Gasteiger partial charge < -0.3 is 15.3 Å². The van der Waals surface area contributed by atoms with Crippen LogP contribution < -0.4 is 5.32 Å². The van der Waals surface area contributed by atoms with Crippen molar-refractivity contribution in [2.24, 2.45) is 5.92 Å². The largest absolute Gasteiger partial charge is 0.481 e. The average molecular weight is 528 g/mol. The Bertz CT molecular complexity index is 1070. The third kappa shape index (κ3) is 7.05. The molecule has 1 fully saturated rings. The highest BCUT2D eigenvalue weighted by molar-refractivity contribution is 7.98. The monoisotopic (exact) mass is 527 g/mol. The summed E-state index contributed by atoms with van der Waals surface area (Å²) in [5.74, 6) is -0.518. The van der Waals surface area contributed by atoms with E-state index in [2.05, 4.69) is 22.3 Å². The second-order valence-electron chi connectivity index (χ2n) is 10.9. The van der Waals surface area contributed by atoms with Gasteiger partial charge in [-0.05, 0) is 111 Å². The summed E-state index contributed by atoms with van der Waals surface area (Å²) in [6.45, 7) is 7.93. The minimum Gasteiger partial charge on any atom is -0.481 e. The van der Waals surface area contributed by atoms with Gasteiger partial charge in [0.15, 0.2) is 0 Å². The Hall–Kier alpha value is -2.12. The molecule has 2 aliphatic heterocycles. The zero-order valence-electron chi connectivity index (χ0n) is 22.6. The highest BCUT2D eigenvalue weighted by Gasteiger charge is 2.35. The number of aromatic nitrogens is 1. The van der Waals surface area contributed by atoms with Gasteiger partial charge in [0.1, 0.15) is 11.6 Å². The van der Waals surface area contributed by atoms with E-state index in [4.69, 9.17) is 4.98 Å². The topological polar surface area (TPSA) is 65.5 Å². The van der Waals surface area contributed by atoms with Crippen molar-refractivity contribution in [1.82, 2.24) is 9.88 Å². The molecular formula is C30H42FN3O2S. The van der Waals surface area contributed by atoms with Crippen LogP contribution in [-0.4, -0.2) is 53.4 Å². The lowest BCUT2D eigenvalue weighted by molar-refractivity contribution is -0.140. The number of unbranched alkanes of at least 4 members (excludes halogenated alkanes) is 2. The van der Waals surface area contributed by atoms with Crippen LogP contribution in [-0.2, 0) is 17.6 Å². The molecule has 1 saturated heterocycles. The van der Waals surface area contributed by atoms with Crippen molar-refractivity contribution in [3.05, 3.63) is 52.5 Å². The van der Waals surface area contributed by atoms with Crippen LogP contribution in [0.15, 0.2) is 29.2 Å². The Morgan fingerprint density at radius 1 is 1.22 bits per heavy atom. The van der Waals surface area contributed by atoms with Crippen LogP contribution >= 0.6 is 11.8 Å². The molecule has 202 valence electrons. The minimum absolute atomic E-state index is 0.0326. The van der Waals surface area contributed by atoms with Gasteiger partial charge in [0.2, 0.25) is 0 Å². The number of hydrogen-bond donors (Lipinski definition) is 2. The van der Waals surface area contributed by atoms with E-state index in [-0.39, 0.29) is 17.7 Å². The van der Waals surface area contributed by atoms with Gasteiger partial charge in [0.05, 0.1) is 5.92 Å². The Balaban J connectivity index is 1.26. The first-order valence-electron chi connectivity index (χ1n) is 13.9. The second-order valence-corrected chi connectivity index (χ2v) is 11.7. The maximum Gasteiger partial charge on any atom is 0.311 e. The number of pyridine rings is 1. The molecular weight excluding hydrogens is 485 g/mol. The lowest BCUT2D eigenvalue weighted by atomic mass is 9.79. The summed E-state index contributed by atoms with van der Waals surface area (Å²) in [6, 6.07) is 7.92. The Labute approximate surface area is 225 Å². The number of nitrogens with one attached hydrogen (secondary N) is 1. The van der Waals surface area contributed by atoms with Gasteiger partial charge in [-0.15, -0.1) is 11.8 Å². The van der Waals surface area contributed by atoms with E-state index in [1.165, 1.54) is 35.9 Å². The van der Waals surface area contributed by atoms with Crippen molar-refractivity contribution in [3.8, 4) is 0 Å². The molecule has 3 heterocycles. The standard InChI is InChI=1S/C30H42FN3O2S/c1-20(2)23-18-25(28(37-3)26(31)19-23)27(30(35)36)21-12-16-34(17-13-21)15-6-4-5-9-24-11-10-22-8-7-14-32-29(22)33-24/h10-11,18-21,27H,4-9,12-17H2,1-3H3,(H,32,33)(H,35,36)/t27-/m0/s1. The van der Waals surface area contributed by atoms with Crippen molar-refractivity contribution in [2.75, 3.05) is 37.8 Å². The lowest BCUT2D eigenvalue weighted by Gasteiger charge is -2.35. The van der Waals surface area contributed by atoms with E-state index < -0.39 is 11.9 Å². The molecule has 7 heteroatoms. The number of halogens is 1. The fourth-order valence-corrected chi connectivity index (χ4v) is 6.52. The maximum absolute atomic E-state index is 14.9. The van der Waals surface area contributed by atoms with Gasteiger partial charge in [0.25, 0.3) is 0 Å². The van der Waals surface area contributed by atoms with Crippen LogP contribution in [0.2, 0.25) is 0 Å². The van der Waals surface area contributed by atoms with Crippen LogP contribution in [0.1, 0.15) is 86.6 Å². The van der Waals surface area contributed by atoms with E-state index >= 15 is 0 Å². The summed E-state index contributed by atoms with van der Waals surface area (Å²) in [6.07, 6.45) is 10.3. The van der Waals surface area contributed by atoms with Gasteiger partial charge in [0, 0.05) is 17.1 Å². The van der Waals surface area contributed by atoms with E-state index in [9.17, 15) is 14.3 Å². The molecule has 4 rings (SSSR count). The smallest absolute Gasteiger partial charge is 0.311 e. The molecule has 5 nitrogen and oxygen atoms in total. The predicted molar refractivity (Wildman–Crippen MR) is 150 cm³/mol. The molecule has 0 unspecified atom stereocenters. The number of likely N-dealkylation sites (tertiary alicyclic amines) is 1. The molecule has 0 radical (unpaired) electrons. The summed E-state index contributed by atoms with van der Waals surface area (Å²) < 4.78 is 14.9. The Morgan fingerprint density at radius 2 is 2.00 bits per heavy atom. The van der Waals surface area contributed by atoms with Crippen molar-refractivity contribution in [2.45, 2.75) is 81.9 Å². The van der Waals surface area contributed by atoms with Crippen LogP contribution in [0.3, 0.4) is 0 Å². The average Bonchev–Trinajstić information content (AvgIpc) is 2.89. The van der Waals surface area contributed by atoms with E-state index in [1.807, 2.05) is 26.2 Å². The third-order valence-electron chi connectivity index (χ3n) is 8.03. The summed E-state index contributed by atoms with van der Waals surface area (Å²) in [7, 11) is 0. The number of aliphatic carboxylic acids is 1. The van der Waals surface area contributed by atoms with Crippen LogP contribution in [0.25, 0.3) is 0 Å². The molecule has 1 aromatic carbocycles. The fraction of sp³-hybridized carbons (Fsp3) is 0.600. The molecule has 0 saturated carbocycles. The molecule has 0 aliphatic carbocycles. The number of aryl methyl sites for hydroxylation is 2. The molecule has 0 spiro atoms. The SMILES string of the molecule is CSc1c(F)cc(C(C)C)cc1[C@@H](C(=O)O)C1CCN(CCCCCc2ccc3c(n2)NCCC3)CC1. The highest BCUT2D eigenvalue weighted by Crippen LogP contribution is 2.40. The lowest BCUT2D eigenvalue weighted by Crippen LogP contribution is -2.38. The Morgan fingerprint density at radius 3 is 2.70 bits per heavy atom. The van der Waals surface area contributed by atoms with Gasteiger partial charge in [-0.2, -0.15) is 0 Å². The molecule has 37 heavy (non-hydrogen) atoms. The van der Waals surface area contributed by atoms with Gasteiger partial charge >= 0.3 is 5.97 Å². The number of anilines is 1. The first-order valence-corrected chi connectivity index (χ1v) is 15.1. The molecule has 2 N–H and O–H groups in total. The van der Waals surface area contributed by atoms with Crippen molar-refractivity contribution < 1.29 is 14.3 Å². The molecule has 0 amide bonds. The molecule has 0 bridgehead atoms. The van der Waals surface area contributed by atoms with Crippen LogP contribution in [0.4, 0.5) is 10.2 Å². The minimum atomic E-state index is -0.833. The van der Waals surface area contributed by atoms with E-state index in [0.29, 0.717) is 10.5 Å². The number of carbonyl (C=O) groups is 1. The number of carboxylic acid groups (broad SMARTS) is 1. The number of carboxylic acids is 1. The number of thioether (sulfide) groups is 1. The normalized spacial score (nSPS) is 17.4. The number of hydrogen-bond acceptors (Lipinski definition) is 5. The molecule has 2 aliphatic rings. The number of benzene rings is 1. The van der Waals surface area contributed by atoms with Crippen molar-refractivity contribution >= 4 is 23.5 Å². The summed E-state index contributed by atoms with van der Waals surface area (Å²) >= 11 is 1.32. The highest BCUT2D eigenvalue weighted by atomic mass is 32.2. The first-order chi connectivity index (χ1) is 17.9. The van der Waals surface area contributed by atoms with Gasteiger partial charge in [-0.25, -0.2) is 9.37 Å². The zero-order valence-corrected chi connectivity index (χ0v) is 23.4. The van der Waals surface area contributed by atoms with Crippen molar-refractivity contribution in [3.63, 3.8) is 0 Å². The van der Waals surface area contributed by atoms with E-state index in [0.717, 1.165) is 76.1 Å². The third-order valence-corrected chi connectivity index (χ3v) is 8.87. The van der Waals surface area contributed by atoms with Gasteiger partial charge in [-0.1, -0.05) is 32.4 Å². The maximum atomic E-state index is 14.9. The van der Waals surface area contributed by atoms with Crippen molar-refractivity contribution in [1.29, 1.82) is 0 Å². The van der Waals surface area contributed by atoms with Gasteiger partial charge in [-0.3, -0.25) is 4.79 Å². The van der Waals surface area contributed by atoms with Crippen LogP contribution in [0, 0.1) is 11.7 Å². The molecule has 2 aromatic rings. The fourth-order valence-electron chi connectivity index (χ4n) is 5.84. The quantitative estimate of drug-likeness (QED) is 0.250. The summed E-state index contributed by atoms with van der Waals surface area (Å²) in [5.41, 5.74) is 4.05. The number of piperidine rings is 1. The number of rotatable bonds is 11. The summed E-state index contributed by atoms with van der Waals surface area (Å²) in [5, 5.41) is 13.6. The van der Waals surface area contributed by atoms with E-state index in [1.54, 1.807) is 6.07 Å². The predicted octanol–water partition coefficient (Wildman–Crippen LogP) is 6.72. The zero-order chi connectivity index (χ0) is 26.4. The molecule has 1 atom stereocenters. The van der Waals surface area contributed by atoms with Crippen LogP contribution in [0.5, 0.6) is 0 Å². The first kappa shape index (κ1) is 27.9. The summed E-state index contributed by atoms with van der Waals surface area (Å²) in [4.78, 5) is 20.2. The Kier molecular flexibility index (Phi) is 9.88. The second kappa shape index (κ2) is 13.1.